The summed E-state index contributed by atoms with van der Waals surface area (Å²) in [6.07, 6.45) is -3.01. The molecule has 3 heterocycles. The maximum Gasteiger partial charge on any atom is 0.443 e. The van der Waals surface area contributed by atoms with Crippen molar-refractivity contribution in [1.82, 2.24) is 24.9 Å². The first-order valence-corrected chi connectivity index (χ1v) is 6.81. The second-order valence-corrected chi connectivity index (χ2v) is 5.13. The largest absolute Gasteiger partial charge is 0.443 e. The fraction of sp³-hybridized carbons (Fsp3) is 0.200. The van der Waals surface area contributed by atoms with Gasteiger partial charge in [0.15, 0.2) is 16.5 Å². The number of rotatable bonds is 3. The van der Waals surface area contributed by atoms with E-state index in [1.165, 1.54) is 11.7 Å². The molecule has 0 bridgehead atoms. The van der Waals surface area contributed by atoms with E-state index in [-0.39, 0.29) is 17.5 Å². The normalized spacial score (nSPS) is 12.0. The highest BCUT2D eigenvalue weighted by Crippen LogP contribution is 2.31. The van der Waals surface area contributed by atoms with Gasteiger partial charge in [-0.2, -0.15) is 23.1 Å². The van der Waals surface area contributed by atoms with Crippen LogP contribution in [-0.4, -0.2) is 24.9 Å². The molecule has 0 atom stereocenters. The predicted molar refractivity (Wildman–Crippen MR) is 71.1 cm³/mol. The number of halogens is 4. The Morgan fingerprint density at radius 3 is 2.81 bits per heavy atom. The molecule has 0 saturated carbocycles. The van der Waals surface area contributed by atoms with Gasteiger partial charge in [-0.05, 0) is 11.6 Å². The molecule has 0 fully saturated rings. The van der Waals surface area contributed by atoms with Crippen LogP contribution in [0.4, 0.5) is 19.0 Å². The lowest BCUT2D eigenvalue weighted by atomic mass is 10.4. The highest BCUT2D eigenvalue weighted by atomic mass is 35.5. The number of alkyl halides is 3. The fourth-order valence-corrected chi connectivity index (χ4v) is 2.48. The van der Waals surface area contributed by atoms with Crippen LogP contribution in [0, 0.1) is 0 Å². The van der Waals surface area contributed by atoms with E-state index in [9.17, 15) is 13.2 Å². The number of hydrogen-bond acceptors (Lipinski definition) is 6. The van der Waals surface area contributed by atoms with Gasteiger partial charge < -0.3 is 10.3 Å². The Bertz CT molecular complexity index is 783. The number of aromatic nitrogens is 5. The number of hydrogen-bond donors (Lipinski definition) is 2. The Labute approximate surface area is 124 Å². The van der Waals surface area contributed by atoms with Crippen LogP contribution in [0.1, 0.15) is 10.7 Å². The lowest BCUT2D eigenvalue weighted by Crippen LogP contribution is -2.06. The minimum atomic E-state index is -4.43. The molecule has 3 aromatic rings. The Kier molecular flexibility index (Phi) is 3.41. The molecule has 6 nitrogen and oxygen atoms in total. The molecule has 0 aromatic carbocycles. The van der Waals surface area contributed by atoms with Crippen molar-refractivity contribution in [3.63, 3.8) is 0 Å². The lowest BCUT2D eigenvalue weighted by Gasteiger charge is -2.04. The van der Waals surface area contributed by atoms with Crippen molar-refractivity contribution in [3.8, 4) is 0 Å². The molecule has 110 valence electrons. The predicted octanol–water partition coefficient (Wildman–Crippen LogP) is 3.09. The van der Waals surface area contributed by atoms with E-state index in [4.69, 9.17) is 11.6 Å². The first kappa shape index (κ1) is 14.0. The zero-order chi connectivity index (χ0) is 15.0. The van der Waals surface area contributed by atoms with Gasteiger partial charge in [0, 0.05) is 5.38 Å². The number of anilines is 1. The van der Waals surface area contributed by atoms with Crippen LogP contribution < -0.4 is 5.32 Å². The molecule has 0 unspecified atom stereocenters. The van der Waals surface area contributed by atoms with Crippen LogP contribution in [0.3, 0.4) is 0 Å². The Balaban J connectivity index is 1.80. The summed E-state index contributed by atoms with van der Waals surface area (Å²) < 4.78 is 37.4. The van der Waals surface area contributed by atoms with Gasteiger partial charge in [-0.3, -0.25) is 0 Å². The van der Waals surface area contributed by atoms with Gasteiger partial charge in [0.05, 0.1) is 18.6 Å². The molecule has 0 saturated heterocycles. The molecule has 0 radical (unpaired) electrons. The SMILES string of the molecule is FC(F)(F)c1nc(CNc2nc(Cl)nc3nc[nH]c23)cs1. The van der Waals surface area contributed by atoms with E-state index in [1.807, 2.05) is 0 Å². The van der Waals surface area contributed by atoms with Crippen molar-refractivity contribution < 1.29 is 13.2 Å². The van der Waals surface area contributed by atoms with Gasteiger partial charge in [-0.15, -0.1) is 11.3 Å². The number of nitrogens with zero attached hydrogens (tertiary/aromatic N) is 4. The number of H-pyrrole nitrogens is 1. The molecule has 0 aliphatic carbocycles. The van der Waals surface area contributed by atoms with Crippen molar-refractivity contribution >= 4 is 39.9 Å². The molecule has 0 amide bonds. The van der Waals surface area contributed by atoms with Crippen molar-refractivity contribution in [1.29, 1.82) is 0 Å². The van der Waals surface area contributed by atoms with Gasteiger partial charge in [0.25, 0.3) is 0 Å². The van der Waals surface area contributed by atoms with Gasteiger partial charge in [-0.25, -0.2) is 9.97 Å². The molecule has 0 aliphatic rings. The van der Waals surface area contributed by atoms with Crippen molar-refractivity contribution in [2.75, 3.05) is 5.32 Å². The van der Waals surface area contributed by atoms with E-state index in [0.717, 1.165) is 0 Å². The van der Waals surface area contributed by atoms with Crippen LogP contribution in [0.5, 0.6) is 0 Å². The summed E-state index contributed by atoms with van der Waals surface area (Å²) in [6, 6.07) is 0. The minimum absolute atomic E-state index is 0.00800. The minimum Gasteiger partial charge on any atom is -0.362 e. The Hall–Kier alpha value is -1.94. The summed E-state index contributed by atoms with van der Waals surface area (Å²) in [7, 11) is 0. The van der Waals surface area contributed by atoms with E-state index >= 15 is 0 Å². The summed E-state index contributed by atoms with van der Waals surface area (Å²) in [5, 5.41) is 3.31. The highest BCUT2D eigenvalue weighted by molar-refractivity contribution is 7.09. The second kappa shape index (κ2) is 5.11. The van der Waals surface area contributed by atoms with Crippen LogP contribution in [-0.2, 0) is 12.7 Å². The summed E-state index contributed by atoms with van der Waals surface area (Å²) in [4.78, 5) is 18.1. The number of thiazole rings is 1. The van der Waals surface area contributed by atoms with Gasteiger partial charge in [-0.1, -0.05) is 0 Å². The fourth-order valence-electron chi connectivity index (χ4n) is 1.63. The number of aromatic amines is 1. The molecule has 0 spiro atoms. The van der Waals surface area contributed by atoms with E-state index in [1.54, 1.807) is 0 Å². The van der Waals surface area contributed by atoms with Crippen molar-refractivity contribution in [2.45, 2.75) is 12.7 Å². The number of fused-ring (bicyclic) bond motifs is 1. The average Bonchev–Trinajstić information content (AvgIpc) is 3.03. The molecule has 21 heavy (non-hydrogen) atoms. The van der Waals surface area contributed by atoms with Crippen LogP contribution >= 0.6 is 22.9 Å². The lowest BCUT2D eigenvalue weighted by molar-refractivity contribution is -0.137. The molecule has 3 rings (SSSR count). The summed E-state index contributed by atoms with van der Waals surface area (Å²) in [5.74, 6) is 0.351. The van der Waals surface area contributed by atoms with Crippen LogP contribution in [0.2, 0.25) is 5.28 Å². The Morgan fingerprint density at radius 1 is 1.29 bits per heavy atom. The van der Waals surface area contributed by atoms with Gasteiger partial charge in [0.2, 0.25) is 5.28 Å². The monoisotopic (exact) mass is 334 g/mol. The third-order valence-electron chi connectivity index (χ3n) is 2.49. The first-order chi connectivity index (χ1) is 9.93. The Morgan fingerprint density at radius 2 is 2.10 bits per heavy atom. The standard InChI is InChI=1S/C10H6ClF3N6S/c11-9-19-6(5-7(20-9)17-3-16-5)15-1-4-2-21-8(18-4)10(12,13)14/h2-3H,1H2,(H2,15,16,17,19,20). The maximum atomic E-state index is 12.5. The molecular formula is C10H6ClF3N6S. The topological polar surface area (TPSA) is 79.4 Å². The summed E-state index contributed by atoms with van der Waals surface area (Å²) in [6.45, 7) is 0.0774. The number of nitrogens with one attached hydrogen (secondary N) is 2. The molecule has 2 N–H and O–H groups in total. The van der Waals surface area contributed by atoms with Crippen LogP contribution in [0.15, 0.2) is 11.7 Å². The van der Waals surface area contributed by atoms with E-state index < -0.39 is 11.2 Å². The zero-order valence-corrected chi connectivity index (χ0v) is 11.6. The molecular weight excluding hydrogens is 329 g/mol. The maximum absolute atomic E-state index is 12.5. The smallest absolute Gasteiger partial charge is 0.362 e. The van der Waals surface area contributed by atoms with Gasteiger partial charge in [0.1, 0.15) is 5.52 Å². The summed E-state index contributed by atoms with van der Waals surface area (Å²) in [5.41, 5.74) is 1.15. The van der Waals surface area contributed by atoms with E-state index in [2.05, 4.69) is 30.2 Å². The molecule has 11 heteroatoms. The third-order valence-corrected chi connectivity index (χ3v) is 3.59. The second-order valence-electron chi connectivity index (χ2n) is 3.94. The van der Waals surface area contributed by atoms with Crippen molar-refractivity contribution in [2.24, 2.45) is 0 Å². The van der Waals surface area contributed by atoms with Gasteiger partial charge >= 0.3 is 6.18 Å². The highest BCUT2D eigenvalue weighted by Gasteiger charge is 2.34. The van der Waals surface area contributed by atoms with E-state index in [0.29, 0.717) is 28.3 Å². The molecule has 3 aromatic heterocycles. The van der Waals surface area contributed by atoms with Crippen LogP contribution in [0.25, 0.3) is 11.2 Å². The number of imidazole rings is 1. The molecule has 0 aliphatic heterocycles. The van der Waals surface area contributed by atoms with Crippen molar-refractivity contribution in [3.05, 3.63) is 27.7 Å². The summed E-state index contributed by atoms with van der Waals surface area (Å²) >= 11 is 6.29. The quantitative estimate of drug-likeness (QED) is 0.719. The zero-order valence-electron chi connectivity index (χ0n) is 10.1. The average molecular weight is 335 g/mol. The first-order valence-electron chi connectivity index (χ1n) is 5.55. The third kappa shape index (κ3) is 2.90.